The summed E-state index contributed by atoms with van der Waals surface area (Å²) in [6, 6.07) is 9.58. The van der Waals surface area contributed by atoms with Crippen molar-refractivity contribution >= 4 is 51.4 Å². The van der Waals surface area contributed by atoms with Gasteiger partial charge in [0.1, 0.15) is 0 Å². The number of nitrogens with zero attached hydrogens (tertiary/aromatic N) is 2. The van der Waals surface area contributed by atoms with E-state index in [-0.39, 0.29) is 53.3 Å². The maximum atomic E-state index is 12.3. The SMILES string of the molecule is CN=C(NCC1CCS(=O)(=O)C1)NC1CC(=O)N(c2ccccc2)C1.I. The van der Waals surface area contributed by atoms with Crippen LogP contribution in [-0.2, 0) is 14.6 Å². The smallest absolute Gasteiger partial charge is 0.229 e. The fourth-order valence-electron chi connectivity index (χ4n) is 3.32. The minimum atomic E-state index is -2.87. The molecule has 2 aliphatic rings. The predicted octanol–water partition coefficient (Wildman–Crippen LogP) is 1.01. The molecule has 144 valence electrons. The number of nitrogens with one attached hydrogen (secondary N) is 2. The average Bonchev–Trinajstić information content (AvgIpc) is 3.14. The highest BCUT2D eigenvalue weighted by atomic mass is 127. The second-order valence-corrected chi connectivity index (χ2v) is 8.84. The number of sulfone groups is 1. The molecule has 2 saturated heterocycles. The molecule has 26 heavy (non-hydrogen) atoms. The van der Waals surface area contributed by atoms with Gasteiger partial charge >= 0.3 is 0 Å². The van der Waals surface area contributed by atoms with Gasteiger partial charge in [-0.2, -0.15) is 0 Å². The lowest BCUT2D eigenvalue weighted by Crippen LogP contribution is -2.46. The van der Waals surface area contributed by atoms with E-state index in [1.807, 2.05) is 30.3 Å². The minimum Gasteiger partial charge on any atom is -0.356 e. The van der Waals surface area contributed by atoms with Crippen molar-refractivity contribution in [3.63, 3.8) is 0 Å². The summed E-state index contributed by atoms with van der Waals surface area (Å²) in [5.74, 6) is 1.32. The lowest BCUT2D eigenvalue weighted by Gasteiger charge is -2.19. The molecule has 2 unspecified atom stereocenters. The Kier molecular flexibility index (Phi) is 7.27. The fraction of sp³-hybridized carbons (Fsp3) is 0.529. The summed E-state index contributed by atoms with van der Waals surface area (Å²) in [6.45, 7) is 1.16. The third kappa shape index (κ3) is 5.32. The molecule has 0 radical (unpaired) electrons. The number of halogens is 1. The molecule has 0 bridgehead atoms. The molecule has 1 aromatic rings. The van der Waals surface area contributed by atoms with Crippen molar-refractivity contribution < 1.29 is 13.2 Å². The molecule has 2 fully saturated rings. The topological polar surface area (TPSA) is 90.9 Å². The highest BCUT2D eigenvalue weighted by Crippen LogP contribution is 2.21. The normalized spacial score (nSPS) is 25.0. The Bertz CT molecular complexity index is 755. The minimum absolute atomic E-state index is 0. The summed E-state index contributed by atoms with van der Waals surface area (Å²) in [5.41, 5.74) is 0.899. The zero-order chi connectivity index (χ0) is 17.9. The van der Waals surface area contributed by atoms with Gasteiger partial charge in [0.25, 0.3) is 0 Å². The molecule has 1 amide bonds. The number of carbonyl (C=O) groups is 1. The number of para-hydroxylation sites is 1. The zero-order valence-corrected chi connectivity index (χ0v) is 17.9. The molecule has 3 rings (SSSR count). The van der Waals surface area contributed by atoms with Crippen LogP contribution in [0.5, 0.6) is 0 Å². The van der Waals surface area contributed by atoms with Crippen molar-refractivity contribution in [1.82, 2.24) is 10.6 Å². The van der Waals surface area contributed by atoms with E-state index in [0.717, 1.165) is 5.69 Å². The Balaban J connectivity index is 0.00000243. The van der Waals surface area contributed by atoms with E-state index in [2.05, 4.69) is 15.6 Å². The van der Waals surface area contributed by atoms with E-state index in [1.165, 1.54) is 0 Å². The van der Waals surface area contributed by atoms with Gasteiger partial charge in [0.2, 0.25) is 5.91 Å². The number of carbonyl (C=O) groups excluding carboxylic acids is 1. The summed E-state index contributed by atoms with van der Waals surface area (Å²) in [4.78, 5) is 18.2. The number of hydrogen-bond acceptors (Lipinski definition) is 4. The molecule has 0 spiro atoms. The van der Waals surface area contributed by atoms with Crippen LogP contribution in [0, 0.1) is 5.92 Å². The van der Waals surface area contributed by atoms with Gasteiger partial charge in [-0.1, -0.05) is 18.2 Å². The third-order valence-electron chi connectivity index (χ3n) is 4.64. The standard InChI is InChI=1S/C17H24N4O3S.HI/c1-18-17(19-10-13-7-8-25(23,24)12-13)20-14-9-16(22)21(11-14)15-5-3-2-4-6-15;/h2-6,13-14H,7-12H2,1H3,(H2,18,19,20);1H. The lowest BCUT2D eigenvalue weighted by molar-refractivity contribution is -0.117. The zero-order valence-electron chi connectivity index (χ0n) is 14.7. The van der Waals surface area contributed by atoms with Crippen molar-refractivity contribution in [2.75, 3.05) is 36.5 Å². The summed E-state index contributed by atoms with van der Waals surface area (Å²) >= 11 is 0. The fourth-order valence-corrected chi connectivity index (χ4v) is 5.19. The van der Waals surface area contributed by atoms with Crippen molar-refractivity contribution in [3.8, 4) is 0 Å². The van der Waals surface area contributed by atoms with Crippen LogP contribution in [0.3, 0.4) is 0 Å². The lowest BCUT2D eigenvalue weighted by atomic mass is 10.1. The number of hydrogen-bond donors (Lipinski definition) is 2. The number of benzene rings is 1. The molecular weight excluding hydrogens is 467 g/mol. The largest absolute Gasteiger partial charge is 0.356 e. The summed E-state index contributed by atoms with van der Waals surface area (Å²) in [6.07, 6.45) is 1.10. The van der Waals surface area contributed by atoms with E-state index in [4.69, 9.17) is 0 Å². The first-order chi connectivity index (χ1) is 12.0. The third-order valence-corrected chi connectivity index (χ3v) is 6.48. The van der Waals surface area contributed by atoms with Gasteiger partial charge in [-0.25, -0.2) is 8.42 Å². The van der Waals surface area contributed by atoms with Crippen LogP contribution in [0.2, 0.25) is 0 Å². The number of amides is 1. The van der Waals surface area contributed by atoms with Crippen LogP contribution in [0.25, 0.3) is 0 Å². The maximum absolute atomic E-state index is 12.3. The van der Waals surface area contributed by atoms with E-state index in [0.29, 0.717) is 31.9 Å². The molecule has 2 heterocycles. The van der Waals surface area contributed by atoms with Crippen LogP contribution >= 0.6 is 24.0 Å². The molecule has 0 saturated carbocycles. The van der Waals surface area contributed by atoms with Crippen molar-refractivity contribution in [2.24, 2.45) is 10.9 Å². The molecule has 1 aromatic carbocycles. The highest BCUT2D eigenvalue weighted by molar-refractivity contribution is 14.0. The number of aliphatic imine (C=N–C) groups is 1. The van der Waals surface area contributed by atoms with Crippen molar-refractivity contribution in [3.05, 3.63) is 30.3 Å². The first-order valence-corrected chi connectivity index (χ1v) is 10.3. The molecule has 7 nitrogen and oxygen atoms in total. The Morgan fingerprint density at radius 1 is 1.31 bits per heavy atom. The summed E-state index contributed by atoms with van der Waals surface area (Å²) in [5, 5.41) is 6.46. The Morgan fingerprint density at radius 2 is 2.04 bits per heavy atom. The van der Waals surface area contributed by atoms with Crippen LogP contribution in [-0.4, -0.2) is 58.0 Å². The summed E-state index contributed by atoms with van der Waals surface area (Å²) in [7, 11) is -1.20. The van der Waals surface area contributed by atoms with Crippen LogP contribution in [0.1, 0.15) is 12.8 Å². The van der Waals surface area contributed by atoms with Crippen molar-refractivity contribution in [2.45, 2.75) is 18.9 Å². The number of anilines is 1. The Hall–Kier alpha value is -1.36. The number of guanidine groups is 1. The van der Waals surface area contributed by atoms with Gasteiger partial charge in [0.05, 0.1) is 17.5 Å². The van der Waals surface area contributed by atoms with E-state index in [1.54, 1.807) is 11.9 Å². The van der Waals surface area contributed by atoms with Gasteiger partial charge in [0.15, 0.2) is 15.8 Å². The predicted molar refractivity (Wildman–Crippen MR) is 114 cm³/mol. The van der Waals surface area contributed by atoms with Crippen LogP contribution in [0.15, 0.2) is 35.3 Å². The van der Waals surface area contributed by atoms with Gasteiger partial charge in [-0.15, -0.1) is 24.0 Å². The molecule has 2 atom stereocenters. The molecule has 2 N–H and O–H groups in total. The van der Waals surface area contributed by atoms with Crippen molar-refractivity contribution in [1.29, 1.82) is 0 Å². The monoisotopic (exact) mass is 492 g/mol. The van der Waals surface area contributed by atoms with Crippen LogP contribution < -0.4 is 15.5 Å². The first-order valence-electron chi connectivity index (χ1n) is 8.50. The first kappa shape index (κ1) is 20.9. The number of rotatable bonds is 4. The highest BCUT2D eigenvalue weighted by Gasteiger charge is 2.31. The van der Waals surface area contributed by atoms with Gasteiger partial charge in [-0.05, 0) is 24.5 Å². The average molecular weight is 492 g/mol. The molecule has 2 aliphatic heterocycles. The van der Waals surface area contributed by atoms with Gasteiger partial charge in [0, 0.05) is 32.2 Å². The van der Waals surface area contributed by atoms with Gasteiger partial charge < -0.3 is 15.5 Å². The summed E-state index contributed by atoms with van der Waals surface area (Å²) < 4.78 is 23.0. The maximum Gasteiger partial charge on any atom is 0.229 e. The molecule has 0 aliphatic carbocycles. The molecule has 9 heteroatoms. The van der Waals surface area contributed by atoms with E-state index < -0.39 is 9.84 Å². The molecule has 0 aromatic heterocycles. The van der Waals surface area contributed by atoms with E-state index in [9.17, 15) is 13.2 Å². The quantitative estimate of drug-likeness (QED) is 0.372. The van der Waals surface area contributed by atoms with Crippen LogP contribution in [0.4, 0.5) is 5.69 Å². The van der Waals surface area contributed by atoms with Gasteiger partial charge in [-0.3, -0.25) is 9.79 Å². The second-order valence-electron chi connectivity index (χ2n) is 6.61. The van der Waals surface area contributed by atoms with E-state index >= 15 is 0 Å². The second kappa shape index (κ2) is 9.03. The Morgan fingerprint density at radius 3 is 2.65 bits per heavy atom. The molecular formula is C17H25IN4O3S. The Labute approximate surface area is 171 Å².